The Kier molecular flexibility index (Phi) is 5.18. The Labute approximate surface area is 148 Å². The molecule has 1 saturated heterocycles. The van der Waals surface area contributed by atoms with Crippen molar-refractivity contribution in [1.82, 2.24) is 14.7 Å². The topological polar surface area (TPSA) is 60.9 Å². The van der Waals surface area contributed by atoms with Gasteiger partial charge in [0.1, 0.15) is 0 Å². The average molecular weight is 343 g/mol. The monoisotopic (exact) mass is 343 g/mol. The standard InChI is InChI=1S/C19H25N3O3/c1-14-8-6-7-11-16(14)22-18(24)17(23)21(19(22)25)13-20(2)12-15-9-4-3-5-10-15/h3-5,9-10,14,16H,6-8,11-13H2,1-2H3/t14-,16-/m1/s1. The molecule has 0 spiro atoms. The third-order valence-corrected chi connectivity index (χ3v) is 5.16. The highest BCUT2D eigenvalue weighted by Crippen LogP contribution is 2.31. The van der Waals surface area contributed by atoms with Gasteiger partial charge in [0.15, 0.2) is 0 Å². The third kappa shape index (κ3) is 3.58. The molecule has 25 heavy (non-hydrogen) atoms. The third-order valence-electron chi connectivity index (χ3n) is 5.16. The highest BCUT2D eigenvalue weighted by atomic mass is 16.2. The van der Waals surface area contributed by atoms with Crippen LogP contribution in [0.5, 0.6) is 0 Å². The summed E-state index contributed by atoms with van der Waals surface area (Å²) in [6, 6.07) is 9.21. The van der Waals surface area contributed by atoms with Crippen molar-refractivity contribution in [2.75, 3.05) is 13.7 Å². The molecule has 3 rings (SSSR count). The van der Waals surface area contributed by atoms with E-state index in [1.54, 1.807) is 0 Å². The van der Waals surface area contributed by atoms with Crippen molar-refractivity contribution in [1.29, 1.82) is 0 Å². The predicted octanol–water partition coefficient (Wildman–Crippen LogP) is 2.45. The maximum absolute atomic E-state index is 12.7. The van der Waals surface area contributed by atoms with E-state index in [1.165, 1.54) is 4.90 Å². The number of benzene rings is 1. The molecule has 134 valence electrons. The number of nitrogens with zero attached hydrogens (tertiary/aromatic N) is 3. The molecule has 0 N–H and O–H groups in total. The lowest BCUT2D eigenvalue weighted by Crippen LogP contribution is -2.46. The number of hydrogen-bond acceptors (Lipinski definition) is 4. The lowest BCUT2D eigenvalue weighted by atomic mass is 9.85. The van der Waals surface area contributed by atoms with E-state index in [9.17, 15) is 14.4 Å². The summed E-state index contributed by atoms with van der Waals surface area (Å²) in [5.41, 5.74) is 1.09. The minimum atomic E-state index is -0.706. The van der Waals surface area contributed by atoms with Gasteiger partial charge in [-0.15, -0.1) is 0 Å². The molecule has 1 aromatic rings. The fourth-order valence-corrected chi connectivity index (χ4v) is 3.81. The zero-order chi connectivity index (χ0) is 18.0. The zero-order valence-electron chi connectivity index (χ0n) is 14.9. The summed E-state index contributed by atoms with van der Waals surface area (Å²) in [7, 11) is 1.84. The zero-order valence-corrected chi connectivity index (χ0v) is 14.9. The molecule has 0 aromatic heterocycles. The van der Waals surface area contributed by atoms with Crippen molar-refractivity contribution >= 4 is 17.8 Å². The first-order valence-electron chi connectivity index (χ1n) is 8.90. The van der Waals surface area contributed by atoms with E-state index in [2.05, 4.69) is 6.92 Å². The second-order valence-corrected chi connectivity index (χ2v) is 7.16. The summed E-state index contributed by atoms with van der Waals surface area (Å²) in [5, 5.41) is 0. The van der Waals surface area contributed by atoms with Crippen LogP contribution in [0.2, 0.25) is 0 Å². The van der Waals surface area contributed by atoms with Crippen molar-refractivity contribution < 1.29 is 14.4 Å². The lowest BCUT2D eigenvalue weighted by Gasteiger charge is -2.34. The number of hydrogen-bond donors (Lipinski definition) is 0. The van der Waals surface area contributed by atoms with Gasteiger partial charge in [0.2, 0.25) is 0 Å². The van der Waals surface area contributed by atoms with Crippen LogP contribution in [0.25, 0.3) is 0 Å². The molecule has 2 aliphatic rings. The van der Waals surface area contributed by atoms with Gasteiger partial charge in [0.25, 0.3) is 0 Å². The van der Waals surface area contributed by atoms with E-state index < -0.39 is 17.8 Å². The van der Waals surface area contributed by atoms with E-state index in [0.717, 1.165) is 36.1 Å². The molecule has 6 heteroatoms. The highest BCUT2D eigenvalue weighted by Gasteiger charge is 2.49. The Morgan fingerprint density at radius 3 is 2.40 bits per heavy atom. The second-order valence-electron chi connectivity index (χ2n) is 7.16. The molecule has 0 radical (unpaired) electrons. The van der Waals surface area contributed by atoms with Crippen molar-refractivity contribution in [3.05, 3.63) is 35.9 Å². The lowest BCUT2D eigenvalue weighted by molar-refractivity contribution is -0.145. The largest absolute Gasteiger partial charge is 0.335 e. The summed E-state index contributed by atoms with van der Waals surface area (Å²) < 4.78 is 0. The SMILES string of the molecule is C[C@@H]1CCCC[C@H]1N1C(=O)C(=O)N(CN(C)Cc2ccccc2)C1=O. The van der Waals surface area contributed by atoms with Gasteiger partial charge in [-0.05, 0) is 31.4 Å². The fraction of sp³-hybridized carbons (Fsp3) is 0.526. The van der Waals surface area contributed by atoms with Gasteiger partial charge in [-0.25, -0.2) is 9.69 Å². The Balaban J connectivity index is 1.68. The van der Waals surface area contributed by atoms with Crippen LogP contribution in [0.4, 0.5) is 4.79 Å². The van der Waals surface area contributed by atoms with Crippen LogP contribution in [-0.4, -0.2) is 52.3 Å². The van der Waals surface area contributed by atoms with Crippen molar-refractivity contribution in [2.24, 2.45) is 5.92 Å². The smallest absolute Gasteiger partial charge is 0.284 e. The van der Waals surface area contributed by atoms with Crippen LogP contribution in [0.15, 0.2) is 30.3 Å². The number of carbonyl (C=O) groups is 3. The van der Waals surface area contributed by atoms with Gasteiger partial charge >= 0.3 is 17.8 Å². The highest BCUT2D eigenvalue weighted by molar-refractivity contribution is 6.44. The van der Waals surface area contributed by atoms with Crippen LogP contribution in [0.3, 0.4) is 0 Å². The van der Waals surface area contributed by atoms with E-state index in [-0.39, 0.29) is 18.6 Å². The minimum Gasteiger partial charge on any atom is -0.284 e. The number of imide groups is 2. The summed E-state index contributed by atoms with van der Waals surface area (Å²) in [5.74, 6) is -1.13. The maximum atomic E-state index is 12.7. The fourth-order valence-electron chi connectivity index (χ4n) is 3.81. The molecule has 1 aromatic carbocycles. The average Bonchev–Trinajstić information content (AvgIpc) is 2.80. The van der Waals surface area contributed by atoms with Crippen LogP contribution in [0.1, 0.15) is 38.2 Å². The Morgan fingerprint density at radius 1 is 1.04 bits per heavy atom. The number of carbonyl (C=O) groups excluding carboxylic acids is 3. The number of amides is 4. The van der Waals surface area contributed by atoms with E-state index in [1.807, 2.05) is 42.3 Å². The summed E-state index contributed by atoms with van der Waals surface area (Å²) in [4.78, 5) is 41.7. The molecule has 1 aliphatic carbocycles. The molecule has 1 heterocycles. The predicted molar refractivity (Wildman–Crippen MR) is 93.3 cm³/mol. The number of rotatable bonds is 5. The first-order valence-corrected chi connectivity index (χ1v) is 8.90. The Hall–Kier alpha value is -2.21. The first kappa shape index (κ1) is 17.6. The quantitative estimate of drug-likeness (QED) is 0.609. The maximum Gasteiger partial charge on any atom is 0.335 e. The summed E-state index contributed by atoms with van der Waals surface area (Å²) in [6.45, 7) is 2.78. The molecular formula is C19H25N3O3. The second kappa shape index (κ2) is 7.35. The van der Waals surface area contributed by atoms with Gasteiger partial charge < -0.3 is 0 Å². The first-order chi connectivity index (χ1) is 12.0. The van der Waals surface area contributed by atoms with Crippen molar-refractivity contribution in [2.45, 2.75) is 45.2 Å². The molecule has 0 unspecified atom stereocenters. The van der Waals surface area contributed by atoms with Crippen LogP contribution in [0, 0.1) is 5.92 Å². The number of urea groups is 1. The Bertz CT molecular complexity index is 661. The van der Waals surface area contributed by atoms with E-state index >= 15 is 0 Å². The van der Waals surface area contributed by atoms with Gasteiger partial charge in [0.05, 0.1) is 6.67 Å². The van der Waals surface area contributed by atoms with E-state index in [4.69, 9.17) is 0 Å². The van der Waals surface area contributed by atoms with Gasteiger partial charge in [0, 0.05) is 12.6 Å². The Morgan fingerprint density at radius 2 is 1.72 bits per heavy atom. The molecular weight excluding hydrogens is 318 g/mol. The minimum absolute atomic E-state index is 0.121. The normalized spacial score (nSPS) is 24.5. The molecule has 2 atom stereocenters. The molecule has 2 fully saturated rings. The van der Waals surface area contributed by atoms with Gasteiger partial charge in [-0.1, -0.05) is 50.1 Å². The molecule has 0 bridgehead atoms. The van der Waals surface area contributed by atoms with Crippen molar-refractivity contribution in [3.8, 4) is 0 Å². The molecule has 1 aliphatic heterocycles. The molecule has 6 nitrogen and oxygen atoms in total. The van der Waals surface area contributed by atoms with E-state index in [0.29, 0.717) is 6.54 Å². The van der Waals surface area contributed by atoms with Crippen LogP contribution >= 0.6 is 0 Å². The summed E-state index contributed by atoms with van der Waals surface area (Å²) in [6.07, 6.45) is 3.89. The van der Waals surface area contributed by atoms with Crippen molar-refractivity contribution in [3.63, 3.8) is 0 Å². The van der Waals surface area contributed by atoms with Crippen LogP contribution in [-0.2, 0) is 16.1 Å². The summed E-state index contributed by atoms with van der Waals surface area (Å²) >= 11 is 0. The van der Waals surface area contributed by atoms with Gasteiger partial charge in [-0.2, -0.15) is 0 Å². The van der Waals surface area contributed by atoms with Crippen LogP contribution < -0.4 is 0 Å². The molecule has 1 saturated carbocycles. The molecule has 4 amide bonds. The van der Waals surface area contributed by atoms with Gasteiger partial charge in [-0.3, -0.25) is 19.4 Å².